The summed E-state index contributed by atoms with van der Waals surface area (Å²) in [5.41, 5.74) is -0.589. The fourth-order valence-corrected chi connectivity index (χ4v) is 1.15. The highest BCUT2D eigenvalue weighted by atomic mass is 19.4. The third kappa shape index (κ3) is 4.28. The minimum atomic E-state index is -4.38. The van der Waals surface area contributed by atoms with Crippen molar-refractivity contribution in [2.45, 2.75) is 12.7 Å². The zero-order valence-electron chi connectivity index (χ0n) is 8.70. The highest BCUT2D eigenvalue weighted by Gasteiger charge is 2.27. The van der Waals surface area contributed by atoms with E-state index in [2.05, 4.69) is 4.74 Å². The van der Waals surface area contributed by atoms with Crippen LogP contribution in [0.1, 0.15) is 5.56 Å². The van der Waals surface area contributed by atoms with Crippen LogP contribution in [0, 0.1) is 11.3 Å². The minimum absolute atomic E-state index is 0.0234. The number of ether oxygens (including phenoxy) is 1. The fourth-order valence-electron chi connectivity index (χ4n) is 1.15. The minimum Gasteiger partial charge on any atom is -0.370 e. The number of pyridine rings is 1. The lowest BCUT2D eigenvalue weighted by Gasteiger charge is -2.08. The maximum absolute atomic E-state index is 11.7. The summed E-state index contributed by atoms with van der Waals surface area (Å²) in [6.45, 7) is -1.61. The number of nitriles is 1. The molecule has 1 aromatic heterocycles. The molecule has 4 nitrogen and oxygen atoms in total. The molecule has 0 unspecified atom stereocenters. The molecule has 7 heteroatoms. The molecule has 0 radical (unpaired) electrons. The van der Waals surface area contributed by atoms with Crippen molar-refractivity contribution in [2.75, 3.05) is 13.2 Å². The lowest BCUT2D eigenvalue weighted by Crippen LogP contribution is -2.25. The molecule has 0 amide bonds. The SMILES string of the molecule is N#Cc1cccn(CCOCC(F)(F)F)c1=O. The highest BCUT2D eigenvalue weighted by Crippen LogP contribution is 2.14. The van der Waals surface area contributed by atoms with Crippen LogP contribution in [0.4, 0.5) is 13.2 Å². The van der Waals surface area contributed by atoms with Crippen LogP contribution >= 0.6 is 0 Å². The topological polar surface area (TPSA) is 55.0 Å². The number of alkyl halides is 3. The van der Waals surface area contributed by atoms with E-state index in [-0.39, 0.29) is 18.7 Å². The number of hydrogen-bond donors (Lipinski definition) is 0. The van der Waals surface area contributed by atoms with E-state index in [1.54, 1.807) is 6.07 Å². The summed E-state index contributed by atoms with van der Waals surface area (Å²) >= 11 is 0. The van der Waals surface area contributed by atoms with E-state index < -0.39 is 18.3 Å². The lowest BCUT2D eigenvalue weighted by atomic mass is 10.3. The highest BCUT2D eigenvalue weighted by molar-refractivity contribution is 5.24. The molecule has 0 fully saturated rings. The summed E-state index contributed by atoms with van der Waals surface area (Å²) in [5.74, 6) is 0. The van der Waals surface area contributed by atoms with Gasteiger partial charge in [0.05, 0.1) is 6.61 Å². The second-order valence-electron chi connectivity index (χ2n) is 3.20. The Kier molecular flexibility index (Phi) is 4.29. The first-order chi connectivity index (χ1) is 7.94. The average molecular weight is 246 g/mol. The van der Waals surface area contributed by atoms with Crippen LogP contribution in [0.2, 0.25) is 0 Å². The largest absolute Gasteiger partial charge is 0.411 e. The zero-order chi connectivity index (χ0) is 12.9. The van der Waals surface area contributed by atoms with Gasteiger partial charge in [0.15, 0.2) is 0 Å². The molecule has 0 aliphatic carbocycles. The fraction of sp³-hybridized carbons (Fsp3) is 0.400. The first kappa shape index (κ1) is 13.3. The predicted octanol–water partition coefficient (Wildman–Crippen LogP) is 1.30. The third-order valence-corrected chi connectivity index (χ3v) is 1.88. The van der Waals surface area contributed by atoms with Crippen molar-refractivity contribution >= 4 is 0 Å². The van der Waals surface area contributed by atoms with Crippen molar-refractivity contribution in [1.82, 2.24) is 4.57 Å². The summed E-state index contributed by atoms with van der Waals surface area (Å²) in [4.78, 5) is 11.5. The van der Waals surface area contributed by atoms with Gasteiger partial charge in [-0.25, -0.2) is 0 Å². The molecule has 0 saturated carbocycles. The number of rotatable bonds is 4. The monoisotopic (exact) mass is 246 g/mol. The summed E-state index contributed by atoms with van der Waals surface area (Å²) in [5, 5.41) is 8.58. The maximum atomic E-state index is 11.7. The van der Waals surface area contributed by atoms with Crippen LogP contribution in [-0.2, 0) is 11.3 Å². The van der Waals surface area contributed by atoms with Crippen molar-refractivity contribution < 1.29 is 17.9 Å². The lowest BCUT2D eigenvalue weighted by molar-refractivity contribution is -0.174. The Balaban J connectivity index is 2.54. The van der Waals surface area contributed by atoms with Crippen molar-refractivity contribution in [3.8, 4) is 6.07 Å². The maximum Gasteiger partial charge on any atom is 0.411 e. The van der Waals surface area contributed by atoms with Crippen LogP contribution in [0.25, 0.3) is 0 Å². The number of nitrogens with zero attached hydrogens (tertiary/aromatic N) is 2. The van der Waals surface area contributed by atoms with E-state index in [4.69, 9.17) is 5.26 Å². The predicted molar refractivity (Wildman–Crippen MR) is 52.3 cm³/mol. The van der Waals surface area contributed by atoms with Gasteiger partial charge < -0.3 is 9.30 Å². The van der Waals surface area contributed by atoms with Gasteiger partial charge in [0.2, 0.25) is 0 Å². The molecule has 0 aromatic carbocycles. The van der Waals surface area contributed by atoms with Crippen molar-refractivity contribution in [1.29, 1.82) is 5.26 Å². The standard InChI is InChI=1S/C10H9F3N2O2/c11-10(12,13)7-17-5-4-15-3-1-2-8(6-14)9(15)16/h1-3H,4-5,7H2. The summed E-state index contributed by atoms with van der Waals surface area (Å²) < 4.78 is 40.7. The van der Waals surface area contributed by atoms with Gasteiger partial charge in [0.1, 0.15) is 18.2 Å². The van der Waals surface area contributed by atoms with Crippen LogP contribution < -0.4 is 5.56 Å². The van der Waals surface area contributed by atoms with Crippen LogP contribution in [0.15, 0.2) is 23.1 Å². The molecule has 0 atom stereocenters. The van der Waals surface area contributed by atoms with Gasteiger partial charge in [-0.1, -0.05) is 0 Å². The van der Waals surface area contributed by atoms with Gasteiger partial charge >= 0.3 is 6.18 Å². The van der Waals surface area contributed by atoms with Gasteiger partial charge in [0, 0.05) is 12.7 Å². The van der Waals surface area contributed by atoms with Crippen molar-refractivity contribution in [3.05, 3.63) is 34.2 Å². The van der Waals surface area contributed by atoms with E-state index in [1.165, 1.54) is 18.3 Å². The van der Waals surface area contributed by atoms with Gasteiger partial charge in [-0.05, 0) is 12.1 Å². The second-order valence-corrected chi connectivity index (χ2v) is 3.20. The number of halogens is 3. The van der Waals surface area contributed by atoms with Crippen LogP contribution in [0.3, 0.4) is 0 Å². The molecular formula is C10H9F3N2O2. The normalized spacial score (nSPS) is 11.2. The third-order valence-electron chi connectivity index (χ3n) is 1.88. The molecule has 92 valence electrons. The quantitative estimate of drug-likeness (QED) is 0.752. The molecule has 0 saturated heterocycles. The summed E-state index contributed by atoms with van der Waals surface area (Å²) in [6.07, 6.45) is -2.99. The number of aromatic nitrogens is 1. The molecule has 0 spiro atoms. The molecule has 0 aliphatic heterocycles. The van der Waals surface area contributed by atoms with Crippen LogP contribution in [0.5, 0.6) is 0 Å². The zero-order valence-corrected chi connectivity index (χ0v) is 8.70. The smallest absolute Gasteiger partial charge is 0.370 e. The van der Waals surface area contributed by atoms with Gasteiger partial charge in [-0.2, -0.15) is 18.4 Å². The van der Waals surface area contributed by atoms with E-state index >= 15 is 0 Å². The van der Waals surface area contributed by atoms with Crippen LogP contribution in [-0.4, -0.2) is 24.0 Å². The molecule has 0 N–H and O–H groups in total. The molecule has 1 heterocycles. The average Bonchev–Trinajstić information content (AvgIpc) is 2.25. The van der Waals surface area contributed by atoms with E-state index in [9.17, 15) is 18.0 Å². The first-order valence-electron chi connectivity index (χ1n) is 4.68. The summed E-state index contributed by atoms with van der Waals surface area (Å²) in [7, 11) is 0. The van der Waals surface area contributed by atoms with E-state index in [0.717, 1.165) is 4.57 Å². The molecule has 0 aliphatic rings. The molecule has 1 rings (SSSR count). The van der Waals surface area contributed by atoms with Gasteiger partial charge in [-0.3, -0.25) is 4.79 Å². The second kappa shape index (κ2) is 5.50. The van der Waals surface area contributed by atoms with Gasteiger partial charge in [0.25, 0.3) is 5.56 Å². The molecule has 17 heavy (non-hydrogen) atoms. The molecule has 1 aromatic rings. The van der Waals surface area contributed by atoms with Crippen molar-refractivity contribution in [3.63, 3.8) is 0 Å². The van der Waals surface area contributed by atoms with Gasteiger partial charge in [-0.15, -0.1) is 0 Å². The Labute approximate surface area is 94.8 Å². The first-order valence-corrected chi connectivity index (χ1v) is 4.68. The number of hydrogen-bond acceptors (Lipinski definition) is 3. The van der Waals surface area contributed by atoms with E-state index in [1.807, 2.05) is 0 Å². The summed E-state index contributed by atoms with van der Waals surface area (Å²) in [6, 6.07) is 4.51. The Morgan fingerprint density at radius 1 is 1.47 bits per heavy atom. The Morgan fingerprint density at radius 3 is 2.76 bits per heavy atom. The molecule has 0 bridgehead atoms. The van der Waals surface area contributed by atoms with E-state index in [0.29, 0.717) is 0 Å². The van der Waals surface area contributed by atoms with Crippen molar-refractivity contribution in [2.24, 2.45) is 0 Å². The Hall–Kier alpha value is -1.81. The Bertz CT molecular complexity index is 474. The molecular weight excluding hydrogens is 237 g/mol. The Morgan fingerprint density at radius 2 is 2.18 bits per heavy atom.